The van der Waals surface area contributed by atoms with Crippen LogP contribution in [0.3, 0.4) is 0 Å². The first-order chi connectivity index (χ1) is 8.28. The fraction of sp³-hybridized carbons (Fsp3) is 1.00. The van der Waals surface area contributed by atoms with Crippen LogP contribution in [0.1, 0.15) is 19.3 Å². The molecule has 5 nitrogen and oxygen atoms in total. The summed E-state index contributed by atoms with van der Waals surface area (Å²) in [6, 6.07) is 0.403. The Balaban J connectivity index is 1.84. The molecule has 0 aromatic carbocycles. The maximum atomic E-state index is 9.25. The van der Waals surface area contributed by atoms with Crippen molar-refractivity contribution in [1.29, 1.82) is 0 Å². The molecule has 2 aliphatic rings. The predicted octanol–water partition coefficient (Wildman–Crippen LogP) is -0.0786. The van der Waals surface area contributed by atoms with Gasteiger partial charge in [-0.3, -0.25) is 0 Å². The van der Waals surface area contributed by atoms with E-state index in [0.717, 1.165) is 32.5 Å². The summed E-state index contributed by atoms with van der Waals surface area (Å²) in [5.74, 6) is 0. The normalized spacial score (nSPS) is 35.3. The van der Waals surface area contributed by atoms with Crippen LogP contribution in [0.25, 0.3) is 0 Å². The Bertz CT molecular complexity index is 231. The van der Waals surface area contributed by atoms with Gasteiger partial charge in [-0.1, -0.05) is 0 Å². The second kappa shape index (κ2) is 6.11. The number of aliphatic hydroxyl groups excluding tert-OH is 1. The zero-order valence-electron chi connectivity index (χ0n) is 10.5. The van der Waals surface area contributed by atoms with Crippen LogP contribution in [-0.4, -0.2) is 62.9 Å². The van der Waals surface area contributed by atoms with E-state index in [0.29, 0.717) is 19.3 Å². The Hall–Kier alpha value is -0.200. The molecule has 3 unspecified atom stereocenters. The lowest BCUT2D eigenvalue weighted by atomic mass is 9.89. The van der Waals surface area contributed by atoms with E-state index in [9.17, 15) is 5.11 Å². The van der Waals surface area contributed by atoms with Gasteiger partial charge < -0.3 is 24.6 Å². The Morgan fingerprint density at radius 3 is 3.06 bits per heavy atom. The third-order valence-electron chi connectivity index (χ3n) is 3.62. The van der Waals surface area contributed by atoms with Crippen LogP contribution >= 0.6 is 0 Å². The minimum Gasteiger partial charge on any atom is -0.395 e. The van der Waals surface area contributed by atoms with Gasteiger partial charge in [0.25, 0.3) is 0 Å². The molecule has 3 atom stereocenters. The summed E-state index contributed by atoms with van der Waals surface area (Å²) in [7, 11) is 1.65. The summed E-state index contributed by atoms with van der Waals surface area (Å²) >= 11 is 0. The zero-order valence-corrected chi connectivity index (χ0v) is 10.5. The first-order valence-corrected chi connectivity index (χ1v) is 6.35. The molecule has 5 heteroatoms. The lowest BCUT2D eigenvalue weighted by molar-refractivity contribution is -0.0916. The standard InChI is InChI=1S/C12H23NO4/c1-15-8-11(7-14)13-10-2-4-17-12(6-10)3-5-16-9-12/h10-11,13-14H,2-9H2,1H3. The average molecular weight is 245 g/mol. The lowest BCUT2D eigenvalue weighted by Crippen LogP contribution is -2.51. The van der Waals surface area contributed by atoms with Crippen LogP contribution in [0.15, 0.2) is 0 Å². The van der Waals surface area contributed by atoms with Gasteiger partial charge in [-0.25, -0.2) is 0 Å². The van der Waals surface area contributed by atoms with Crippen LogP contribution in [0.5, 0.6) is 0 Å². The molecule has 0 saturated carbocycles. The largest absolute Gasteiger partial charge is 0.395 e. The van der Waals surface area contributed by atoms with Gasteiger partial charge in [0.05, 0.1) is 31.5 Å². The van der Waals surface area contributed by atoms with Crippen molar-refractivity contribution in [1.82, 2.24) is 5.32 Å². The minimum atomic E-state index is -0.0804. The number of nitrogens with one attached hydrogen (secondary N) is 1. The SMILES string of the molecule is COCC(CO)NC1CCOC2(CCOC2)C1. The summed E-state index contributed by atoms with van der Waals surface area (Å²) in [5.41, 5.74) is -0.0804. The van der Waals surface area contributed by atoms with Gasteiger partial charge in [0, 0.05) is 32.8 Å². The van der Waals surface area contributed by atoms with Crippen LogP contribution < -0.4 is 5.32 Å². The van der Waals surface area contributed by atoms with Gasteiger partial charge in [-0.15, -0.1) is 0 Å². The molecule has 0 aromatic heterocycles. The summed E-state index contributed by atoms with van der Waals surface area (Å²) in [5, 5.41) is 12.7. The maximum Gasteiger partial charge on any atom is 0.0951 e. The molecule has 0 bridgehead atoms. The summed E-state index contributed by atoms with van der Waals surface area (Å²) < 4.78 is 16.4. The summed E-state index contributed by atoms with van der Waals surface area (Å²) in [4.78, 5) is 0. The predicted molar refractivity (Wildman–Crippen MR) is 63.0 cm³/mol. The highest BCUT2D eigenvalue weighted by Gasteiger charge is 2.41. The van der Waals surface area contributed by atoms with E-state index in [1.165, 1.54) is 0 Å². The van der Waals surface area contributed by atoms with Gasteiger partial charge in [0.15, 0.2) is 0 Å². The van der Waals surface area contributed by atoms with E-state index < -0.39 is 0 Å². The smallest absolute Gasteiger partial charge is 0.0951 e. The summed E-state index contributed by atoms with van der Waals surface area (Å²) in [6.45, 7) is 2.92. The van der Waals surface area contributed by atoms with Gasteiger partial charge >= 0.3 is 0 Å². The first kappa shape index (κ1) is 13.2. The third-order valence-corrected chi connectivity index (χ3v) is 3.62. The van der Waals surface area contributed by atoms with Crippen LogP contribution in [0.2, 0.25) is 0 Å². The molecule has 0 amide bonds. The van der Waals surface area contributed by atoms with Gasteiger partial charge in [0.2, 0.25) is 0 Å². The average Bonchev–Trinajstić information content (AvgIpc) is 2.77. The lowest BCUT2D eigenvalue weighted by Gasteiger charge is -2.38. The van der Waals surface area contributed by atoms with Crippen molar-refractivity contribution in [2.45, 2.75) is 36.9 Å². The number of aliphatic hydroxyl groups is 1. The monoisotopic (exact) mass is 245 g/mol. The van der Waals surface area contributed by atoms with Crippen molar-refractivity contribution in [3.05, 3.63) is 0 Å². The van der Waals surface area contributed by atoms with Crippen LogP contribution in [-0.2, 0) is 14.2 Å². The molecular formula is C12H23NO4. The fourth-order valence-corrected chi connectivity index (χ4v) is 2.72. The van der Waals surface area contributed by atoms with E-state index in [1.807, 2.05) is 0 Å². The van der Waals surface area contributed by atoms with E-state index in [2.05, 4.69) is 5.32 Å². The molecule has 2 fully saturated rings. The van der Waals surface area contributed by atoms with Crippen molar-refractivity contribution >= 4 is 0 Å². The van der Waals surface area contributed by atoms with Gasteiger partial charge in [0.1, 0.15) is 0 Å². The van der Waals surface area contributed by atoms with Crippen LogP contribution in [0, 0.1) is 0 Å². The van der Waals surface area contributed by atoms with E-state index in [4.69, 9.17) is 14.2 Å². The molecule has 100 valence electrons. The quantitative estimate of drug-likeness (QED) is 0.709. The first-order valence-electron chi connectivity index (χ1n) is 6.35. The van der Waals surface area contributed by atoms with Crippen molar-refractivity contribution in [3.63, 3.8) is 0 Å². The number of hydrogen-bond acceptors (Lipinski definition) is 5. The molecule has 2 saturated heterocycles. The molecule has 2 aliphatic heterocycles. The van der Waals surface area contributed by atoms with E-state index >= 15 is 0 Å². The highest BCUT2D eigenvalue weighted by molar-refractivity contribution is 4.93. The van der Waals surface area contributed by atoms with Crippen LogP contribution in [0.4, 0.5) is 0 Å². The molecule has 17 heavy (non-hydrogen) atoms. The Morgan fingerprint density at radius 1 is 1.53 bits per heavy atom. The second-order valence-electron chi connectivity index (χ2n) is 5.03. The minimum absolute atomic E-state index is 0.0162. The zero-order chi connectivity index (χ0) is 12.1. The molecule has 2 rings (SSSR count). The molecule has 0 aliphatic carbocycles. The molecule has 2 N–H and O–H groups in total. The summed E-state index contributed by atoms with van der Waals surface area (Å²) in [6.07, 6.45) is 2.94. The third kappa shape index (κ3) is 3.39. The molecule has 1 spiro atoms. The molecule has 0 radical (unpaired) electrons. The van der Waals surface area contributed by atoms with Crippen molar-refractivity contribution in [3.8, 4) is 0 Å². The highest BCUT2D eigenvalue weighted by atomic mass is 16.6. The number of hydrogen-bond donors (Lipinski definition) is 2. The molecule has 2 heterocycles. The maximum absolute atomic E-state index is 9.25. The highest BCUT2D eigenvalue weighted by Crippen LogP contribution is 2.32. The second-order valence-corrected chi connectivity index (χ2v) is 5.03. The van der Waals surface area contributed by atoms with Crippen molar-refractivity contribution in [2.24, 2.45) is 0 Å². The van der Waals surface area contributed by atoms with E-state index in [-0.39, 0.29) is 18.2 Å². The topological polar surface area (TPSA) is 60.0 Å². The number of rotatable bonds is 5. The molecule has 0 aromatic rings. The Labute approximate surface area is 102 Å². The van der Waals surface area contributed by atoms with Gasteiger partial charge in [-0.2, -0.15) is 0 Å². The fourth-order valence-electron chi connectivity index (χ4n) is 2.72. The number of ether oxygens (including phenoxy) is 3. The van der Waals surface area contributed by atoms with Gasteiger partial charge in [-0.05, 0) is 12.8 Å². The number of methoxy groups -OCH3 is 1. The van der Waals surface area contributed by atoms with Crippen molar-refractivity contribution in [2.75, 3.05) is 40.1 Å². The van der Waals surface area contributed by atoms with E-state index in [1.54, 1.807) is 7.11 Å². The Kier molecular flexibility index (Phi) is 4.76. The molecular weight excluding hydrogens is 222 g/mol. The Morgan fingerprint density at radius 2 is 2.41 bits per heavy atom. The van der Waals surface area contributed by atoms with Crippen molar-refractivity contribution < 1.29 is 19.3 Å².